The molecule has 2 aromatic rings. The van der Waals surface area contributed by atoms with Crippen molar-refractivity contribution < 1.29 is 13.2 Å². The topological polar surface area (TPSA) is 51.2 Å². The van der Waals surface area contributed by atoms with Crippen molar-refractivity contribution in [1.82, 2.24) is 0 Å². The minimum Gasteiger partial charge on any atom is -0.293 e. The van der Waals surface area contributed by atoms with E-state index in [0.717, 1.165) is 5.56 Å². The summed E-state index contributed by atoms with van der Waals surface area (Å²) in [5.41, 5.74) is 1.27. The molecule has 0 radical (unpaired) electrons. The smallest absolute Gasteiger partial charge is 0.188 e. The Labute approximate surface area is 119 Å². The van der Waals surface area contributed by atoms with Gasteiger partial charge in [0.1, 0.15) is 5.25 Å². The highest BCUT2D eigenvalue weighted by Gasteiger charge is 2.30. The molecule has 0 bridgehead atoms. The molecule has 0 aliphatic rings. The van der Waals surface area contributed by atoms with Crippen molar-refractivity contribution in [2.75, 3.05) is 0 Å². The van der Waals surface area contributed by atoms with Gasteiger partial charge in [-0.2, -0.15) is 0 Å². The van der Waals surface area contributed by atoms with Crippen molar-refractivity contribution in [3.8, 4) is 0 Å². The highest BCUT2D eigenvalue weighted by atomic mass is 32.2. The van der Waals surface area contributed by atoms with Gasteiger partial charge in [-0.25, -0.2) is 8.42 Å². The molecule has 0 spiro atoms. The summed E-state index contributed by atoms with van der Waals surface area (Å²) >= 11 is 0. The Morgan fingerprint density at radius 1 is 1.00 bits per heavy atom. The predicted molar refractivity (Wildman–Crippen MR) is 78.6 cm³/mol. The standard InChI is InChI=1S/C16H16O3S/c1-12-7-6-10-15(11-12)20(18,19)13(2)16(17)14-8-4-3-5-9-14/h3-11,13H,1-2H3. The molecule has 104 valence electrons. The number of carbonyl (C=O) groups excluding carboxylic acids is 1. The zero-order valence-electron chi connectivity index (χ0n) is 11.4. The second-order valence-electron chi connectivity index (χ2n) is 4.73. The number of hydrogen-bond acceptors (Lipinski definition) is 3. The first kappa shape index (κ1) is 14.5. The second kappa shape index (κ2) is 5.59. The first-order chi connectivity index (χ1) is 9.43. The molecule has 20 heavy (non-hydrogen) atoms. The third kappa shape index (κ3) is 2.80. The lowest BCUT2D eigenvalue weighted by atomic mass is 10.1. The summed E-state index contributed by atoms with van der Waals surface area (Å²) in [4.78, 5) is 12.5. The highest BCUT2D eigenvalue weighted by Crippen LogP contribution is 2.20. The Balaban J connectivity index is 2.37. The van der Waals surface area contributed by atoms with E-state index in [1.807, 2.05) is 13.0 Å². The number of ketones is 1. The third-order valence-corrected chi connectivity index (χ3v) is 5.27. The van der Waals surface area contributed by atoms with E-state index in [0.29, 0.717) is 5.56 Å². The lowest BCUT2D eigenvalue weighted by Crippen LogP contribution is -2.27. The van der Waals surface area contributed by atoms with Crippen LogP contribution >= 0.6 is 0 Å². The summed E-state index contributed by atoms with van der Waals surface area (Å²) in [5, 5.41) is -1.09. The number of sulfone groups is 1. The van der Waals surface area contributed by atoms with Gasteiger partial charge in [0.25, 0.3) is 0 Å². The van der Waals surface area contributed by atoms with Crippen molar-refractivity contribution in [3.05, 3.63) is 65.7 Å². The van der Waals surface area contributed by atoms with Crippen LogP contribution in [0, 0.1) is 6.92 Å². The average Bonchev–Trinajstić information content (AvgIpc) is 2.46. The summed E-state index contributed by atoms with van der Waals surface area (Å²) in [6.45, 7) is 3.26. The summed E-state index contributed by atoms with van der Waals surface area (Å²) in [6, 6.07) is 15.1. The summed E-state index contributed by atoms with van der Waals surface area (Å²) in [6.07, 6.45) is 0. The van der Waals surface area contributed by atoms with E-state index in [9.17, 15) is 13.2 Å². The van der Waals surface area contributed by atoms with Crippen molar-refractivity contribution >= 4 is 15.6 Å². The van der Waals surface area contributed by atoms with E-state index >= 15 is 0 Å². The van der Waals surface area contributed by atoms with Gasteiger partial charge in [0.05, 0.1) is 4.90 Å². The van der Waals surface area contributed by atoms with Gasteiger partial charge in [0, 0.05) is 5.56 Å². The number of benzene rings is 2. The fourth-order valence-corrected chi connectivity index (χ4v) is 3.42. The minimum atomic E-state index is -3.66. The van der Waals surface area contributed by atoms with Gasteiger partial charge in [0.15, 0.2) is 15.6 Å². The molecule has 0 N–H and O–H groups in total. The number of rotatable bonds is 4. The molecule has 1 atom stereocenters. The number of hydrogen-bond donors (Lipinski definition) is 0. The maximum absolute atomic E-state index is 12.5. The molecule has 1 unspecified atom stereocenters. The van der Waals surface area contributed by atoms with Gasteiger partial charge >= 0.3 is 0 Å². The fraction of sp³-hybridized carbons (Fsp3) is 0.188. The van der Waals surface area contributed by atoms with Crippen LogP contribution in [0.25, 0.3) is 0 Å². The fourth-order valence-electron chi connectivity index (χ4n) is 1.97. The van der Waals surface area contributed by atoms with E-state index in [-0.39, 0.29) is 10.7 Å². The van der Waals surface area contributed by atoms with Crippen molar-refractivity contribution in [2.45, 2.75) is 24.0 Å². The first-order valence-electron chi connectivity index (χ1n) is 6.33. The van der Waals surface area contributed by atoms with E-state index in [4.69, 9.17) is 0 Å². The van der Waals surface area contributed by atoms with Crippen LogP contribution in [0.2, 0.25) is 0 Å². The number of aryl methyl sites for hydroxylation is 1. The Hall–Kier alpha value is -1.94. The van der Waals surface area contributed by atoms with Gasteiger partial charge < -0.3 is 0 Å². The monoisotopic (exact) mass is 288 g/mol. The Kier molecular flexibility index (Phi) is 4.04. The van der Waals surface area contributed by atoms with Crippen LogP contribution in [0.1, 0.15) is 22.8 Å². The first-order valence-corrected chi connectivity index (χ1v) is 7.87. The van der Waals surface area contributed by atoms with Gasteiger partial charge in [-0.15, -0.1) is 0 Å². The molecule has 2 rings (SSSR count). The largest absolute Gasteiger partial charge is 0.293 e. The van der Waals surface area contributed by atoms with E-state index in [1.165, 1.54) is 13.0 Å². The Morgan fingerprint density at radius 2 is 1.65 bits per heavy atom. The van der Waals surface area contributed by atoms with Crippen LogP contribution in [-0.4, -0.2) is 19.5 Å². The highest BCUT2D eigenvalue weighted by molar-refractivity contribution is 7.92. The van der Waals surface area contributed by atoms with Gasteiger partial charge in [-0.1, -0.05) is 42.5 Å². The van der Waals surface area contributed by atoms with Crippen LogP contribution in [-0.2, 0) is 9.84 Å². The average molecular weight is 288 g/mol. The zero-order valence-corrected chi connectivity index (χ0v) is 12.2. The molecular weight excluding hydrogens is 272 g/mol. The minimum absolute atomic E-state index is 0.189. The van der Waals surface area contributed by atoms with Crippen LogP contribution in [0.4, 0.5) is 0 Å². The quantitative estimate of drug-likeness (QED) is 0.813. The van der Waals surface area contributed by atoms with E-state index < -0.39 is 15.1 Å². The molecule has 0 aliphatic heterocycles. The molecule has 0 saturated heterocycles. The second-order valence-corrected chi connectivity index (χ2v) is 7.00. The van der Waals surface area contributed by atoms with Crippen molar-refractivity contribution in [2.24, 2.45) is 0 Å². The molecule has 0 aromatic heterocycles. The maximum atomic E-state index is 12.5. The predicted octanol–water partition coefficient (Wildman–Crippen LogP) is 3.04. The molecule has 0 saturated carbocycles. The SMILES string of the molecule is Cc1cccc(S(=O)(=O)C(C)C(=O)c2ccccc2)c1. The van der Waals surface area contributed by atoms with Crippen LogP contribution in [0.15, 0.2) is 59.5 Å². The number of carbonyl (C=O) groups is 1. The lowest BCUT2D eigenvalue weighted by molar-refractivity contribution is 0.0991. The van der Waals surface area contributed by atoms with Gasteiger partial charge in [-0.05, 0) is 31.5 Å². The Bertz CT molecular complexity index is 718. The molecule has 4 heteroatoms. The van der Waals surface area contributed by atoms with Crippen molar-refractivity contribution in [1.29, 1.82) is 0 Å². The number of Topliss-reactive ketones (excluding diaryl/α,β-unsaturated/α-hetero) is 1. The molecule has 0 amide bonds. The summed E-state index contributed by atoms with van der Waals surface area (Å²) in [7, 11) is -3.66. The lowest BCUT2D eigenvalue weighted by Gasteiger charge is -2.12. The normalized spacial score (nSPS) is 12.9. The molecule has 2 aromatic carbocycles. The van der Waals surface area contributed by atoms with E-state index in [2.05, 4.69) is 0 Å². The molecule has 0 heterocycles. The third-order valence-electron chi connectivity index (χ3n) is 3.21. The van der Waals surface area contributed by atoms with Crippen LogP contribution < -0.4 is 0 Å². The van der Waals surface area contributed by atoms with Crippen LogP contribution in [0.3, 0.4) is 0 Å². The zero-order chi connectivity index (χ0) is 14.8. The molecule has 3 nitrogen and oxygen atoms in total. The summed E-state index contributed by atoms with van der Waals surface area (Å²) in [5.74, 6) is -0.382. The van der Waals surface area contributed by atoms with Crippen molar-refractivity contribution in [3.63, 3.8) is 0 Å². The maximum Gasteiger partial charge on any atom is 0.188 e. The van der Waals surface area contributed by atoms with Gasteiger partial charge in [-0.3, -0.25) is 4.79 Å². The summed E-state index contributed by atoms with van der Waals surface area (Å²) < 4.78 is 25.0. The van der Waals surface area contributed by atoms with Crippen LogP contribution in [0.5, 0.6) is 0 Å². The van der Waals surface area contributed by atoms with Gasteiger partial charge in [0.2, 0.25) is 0 Å². The van der Waals surface area contributed by atoms with E-state index in [1.54, 1.807) is 42.5 Å². The molecular formula is C16H16O3S. The molecule has 0 fully saturated rings. The molecule has 0 aliphatic carbocycles. The Morgan fingerprint density at radius 3 is 2.25 bits per heavy atom.